The molecule has 23 rings (SSSR count). The van der Waals surface area contributed by atoms with E-state index < -0.39 is 11.2 Å². The lowest BCUT2D eigenvalue weighted by atomic mass is 9.63. The van der Waals surface area contributed by atoms with Gasteiger partial charge >= 0.3 is 7.12 Å². The van der Waals surface area contributed by atoms with Crippen LogP contribution in [-0.2, 0) is 20.5 Å². The monoisotopic (exact) mass is 1950 g/mol. The zero-order chi connectivity index (χ0) is 87.0. The van der Waals surface area contributed by atoms with Gasteiger partial charge in [-0.3, -0.25) is 9.59 Å². The van der Waals surface area contributed by atoms with Gasteiger partial charge in [0.1, 0.15) is 11.2 Å². The van der Waals surface area contributed by atoms with Gasteiger partial charge in [0, 0.05) is 50.2 Å². The molecule has 2 atom stereocenters. The number of rotatable bonds is 5. The van der Waals surface area contributed by atoms with Crippen LogP contribution in [-0.4, -0.2) is 40.1 Å². The highest BCUT2D eigenvalue weighted by molar-refractivity contribution is 9.11. The van der Waals surface area contributed by atoms with Crippen molar-refractivity contribution in [2.75, 3.05) is 0 Å². The van der Waals surface area contributed by atoms with Crippen LogP contribution in [0.15, 0.2) is 435 Å². The molecule has 3 aliphatic rings. The first-order chi connectivity index (χ1) is 61.2. The summed E-state index contributed by atoms with van der Waals surface area (Å²) in [7, 11) is -0.343. The van der Waals surface area contributed by atoms with Gasteiger partial charge < -0.3 is 19.5 Å². The van der Waals surface area contributed by atoms with Gasteiger partial charge in [-0.2, -0.15) is 0 Å². The van der Waals surface area contributed by atoms with Crippen LogP contribution in [0.25, 0.3) is 108 Å². The number of hydrogen-bond donors (Lipinski definition) is 2. The van der Waals surface area contributed by atoms with E-state index in [9.17, 15) is 19.8 Å². The number of hydrogen-bond acceptors (Lipinski definition) is 6. The smallest absolute Gasteiger partial charge is 0.399 e. The Hall–Kier alpha value is -11.9. The van der Waals surface area contributed by atoms with E-state index in [0.29, 0.717) is 44.5 Å². The molecular formula is C114H82BBr5O6. The molecule has 0 amide bonds. The Morgan fingerprint density at radius 2 is 0.516 bits per heavy atom. The van der Waals surface area contributed by atoms with E-state index in [1.807, 2.05) is 133 Å². The van der Waals surface area contributed by atoms with Gasteiger partial charge in [-0.05, 0) is 236 Å². The molecular weight excluding hydrogens is 1880 g/mol. The van der Waals surface area contributed by atoms with Gasteiger partial charge in [-0.25, -0.2) is 0 Å². The van der Waals surface area contributed by atoms with Crippen LogP contribution < -0.4 is 5.46 Å². The fourth-order valence-electron chi connectivity index (χ4n) is 17.9. The maximum Gasteiger partial charge on any atom is 0.494 e. The summed E-state index contributed by atoms with van der Waals surface area (Å²) in [5, 5.41) is 45.1. The van der Waals surface area contributed by atoms with Gasteiger partial charge in [-0.15, -0.1) is 0 Å². The first kappa shape index (κ1) is 84.9. The number of carbonyl (C=O) groups excluding carboxylic acids is 2. The Bertz CT molecular complexity index is 7480. The van der Waals surface area contributed by atoms with Crippen molar-refractivity contribution >= 4 is 190 Å². The van der Waals surface area contributed by atoms with Crippen LogP contribution in [0.5, 0.6) is 0 Å². The Balaban J connectivity index is 0.000000106. The molecule has 1 fully saturated rings. The maximum atomic E-state index is 12.2. The predicted octanol–water partition coefficient (Wildman–Crippen LogP) is 30.4. The van der Waals surface area contributed by atoms with E-state index in [1.165, 1.54) is 108 Å². The fraction of sp³-hybridized carbons (Fsp3) is 0.0702. The van der Waals surface area contributed by atoms with Crippen LogP contribution >= 0.6 is 79.6 Å². The highest BCUT2D eigenvalue weighted by atomic mass is 79.9. The molecule has 126 heavy (non-hydrogen) atoms. The third-order valence-corrected chi connectivity index (χ3v) is 27.1. The zero-order valence-corrected chi connectivity index (χ0v) is 77.2. The highest BCUT2D eigenvalue weighted by Gasteiger charge is 2.53. The molecule has 2 aliphatic carbocycles. The van der Waals surface area contributed by atoms with E-state index >= 15 is 0 Å². The van der Waals surface area contributed by atoms with Gasteiger partial charge in [0.15, 0.2) is 11.6 Å². The Morgan fingerprint density at radius 1 is 0.230 bits per heavy atom. The van der Waals surface area contributed by atoms with Crippen molar-refractivity contribution in [2.45, 2.75) is 50.1 Å². The first-order valence-corrected chi connectivity index (χ1v) is 45.7. The lowest BCUT2D eigenvalue weighted by Crippen LogP contribution is -2.44. The summed E-state index contributed by atoms with van der Waals surface area (Å²) in [5.41, 5.74) is 8.94. The molecule has 0 radical (unpaired) electrons. The number of ketones is 2. The number of carbonyl (C=O) groups is 2. The number of halogens is 5. The molecule has 2 unspecified atom stereocenters. The van der Waals surface area contributed by atoms with E-state index in [1.54, 1.807) is 42.5 Å². The van der Waals surface area contributed by atoms with Crippen LogP contribution in [0.2, 0.25) is 0 Å². The van der Waals surface area contributed by atoms with Crippen LogP contribution in [0, 0.1) is 0 Å². The largest absolute Gasteiger partial charge is 0.494 e. The number of aliphatic hydroxyl groups is 2. The normalized spacial score (nSPS) is 15.6. The molecule has 20 aromatic rings. The summed E-state index contributed by atoms with van der Waals surface area (Å²) in [6.45, 7) is 8.38. The lowest BCUT2D eigenvalue weighted by molar-refractivity contribution is 0.00578. The Labute approximate surface area is 775 Å². The summed E-state index contributed by atoms with van der Waals surface area (Å²) in [5.74, 6) is -0.167. The third kappa shape index (κ3) is 16.1. The molecule has 1 saturated heterocycles. The average molecular weight is 1960 g/mol. The van der Waals surface area contributed by atoms with Gasteiger partial charge in [0.05, 0.1) is 11.2 Å². The topological polar surface area (TPSA) is 93.1 Å². The second-order valence-electron chi connectivity index (χ2n) is 32.6. The SMILES string of the molecule is Brc1ccc2c(-c3ccccc3)c3ccccc3c(-c3ccccc3)c2c1.Brc1ccc2c3ccccc3c3ccccc3c2c1.Brc1ccccc1.CC1(C)OB(c2ccc3c4ccccc4c4ccccc4c3c2)OC1(C)C.O=C1c2ccccc2C(=O)c2cc(Br)ccc21.OC1(c2ccccc2)c2ccccc2C(O)(c2ccccc2)c2cc(Br)ccc21. The molecule has 6 nitrogen and oxygen atoms in total. The van der Waals surface area contributed by atoms with Gasteiger partial charge in [-0.1, -0.05) is 425 Å². The fourth-order valence-corrected chi connectivity index (χ4v) is 19.7. The minimum absolute atomic E-state index is 0.0808. The van der Waals surface area contributed by atoms with Crippen LogP contribution in [0.1, 0.15) is 92.9 Å². The second-order valence-corrected chi connectivity index (χ2v) is 37.1. The minimum Gasteiger partial charge on any atom is -0.399 e. The van der Waals surface area contributed by atoms with E-state index in [-0.39, 0.29) is 29.9 Å². The molecule has 1 aliphatic heterocycles. The van der Waals surface area contributed by atoms with Crippen molar-refractivity contribution in [1.82, 2.24) is 0 Å². The Morgan fingerprint density at radius 3 is 0.960 bits per heavy atom. The van der Waals surface area contributed by atoms with E-state index in [0.717, 1.165) is 39.0 Å². The average Bonchev–Trinajstić information content (AvgIpc) is 1.06. The molecule has 1 heterocycles. The zero-order valence-electron chi connectivity index (χ0n) is 69.3. The Kier molecular flexibility index (Phi) is 24.2. The quantitative estimate of drug-likeness (QED) is 0.101. The van der Waals surface area contributed by atoms with Crippen molar-refractivity contribution < 1.29 is 29.1 Å². The molecule has 0 bridgehead atoms. The van der Waals surface area contributed by atoms with Crippen molar-refractivity contribution in [3.8, 4) is 22.3 Å². The second kappa shape index (κ2) is 35.9. The molecule has 20 aromatic carbocycles. The summed E-state index contributed by atoms with van der Waals surface area (Å²) in [4.78, 5) is 24.4. The molecule has 2 N–H and O–H groups in total. The van der Waals surface area contributed by atoms with E-state index in [2.05, 4.69) is 344 Å². The van der Waals surface area contributed by atoms with Crippen molar-refractivity contribution in [1.29, 1.82) is 0 Å². The standard InChI is InChI=1S/C26H19BrO2.C26H17Br.C24H23BO2.C18H11Br.C14H7BrO2.C6H5Br/c27-20-15-16-23-24(17-20)26(29,19-11-5-2-6-12-19)22-14-8-7-13-21(22)25(23,28)18-9-3-1-4-10-18;27-20-15-16-23-24(17-20)26(19-11-5-2-6-12-19)22-14-8-7-13-21(22)25(23)18-9-3-1-4-10-18;1-23(2)24(3,4)27-25(26-23)16-13-14-21-19-11-6-5-9-17(19)18-10-7-8-12-20(18)22(21)15-16;19-12-9-10-17-15-7-2-1-5-13(15)14-6-3-4-8-16(14)18(17)11-12;15-8-5-6-11-12(7-8)14(17)10-4-2-1-3-9(10)13(11)16;7-6-4-2-1-3-5-6/h1-17,28-29H;1-17H;5-15H,1-4H3;1-11H;1-7H;1-5H. The van der Waals surface area contributed by atoms with Gasteiger partial charge in [0.2, 0.25) is 0 Å². The van der Waals surface area contributed by atoms with Crippen molar-refractivity contribution in [2.24, 2.45) is 0 Å². The third-order valence-electron chi connectivity index (χ3n) is 24.6. The predicted molar refractivity (Wildman–Crippen MR) is 541 cm³/mol. The van der Waals surface area contributed by atoms with E-state index in [4.69, 9.17) is 9.31 Å². The lowest BCUT2D eigenvalue weighted by Gasteiger charge is -2.45. The molecule has 0 spiro atoms. The summed E-state index contributed by atoms with van der Waals surface area (Å²) < 4.78 is 17.6. The summed E-state index contributed by atoms with van der Waals surface area (Å²) >= 11 is 17.4. The molecule has 612 valence electrons. The summed E-state index contributed by atoms with van der Waals surface area (Å²) in [6.07, 6.45) is 0. The molecule has 0 saturated carbocycles. The van der Waals surface area contributed by atoms with Crippen molar-refractivity contribution in [3.63, 3.8) is 0 Å². The van der Waals surface area contributed by atoms with Crippen molar-refractivity contribution in [3.05, 3.63) is 491 Å². The van der Waals surface area contributed by atoms with Gasteiger partial charge in [0.25, 0.3) is 0 Å². The molecule has 12 heteroatoms. The summed E-state index contributed by atoms with van der Waals surface area (Å²) in [6, 6.07) is 139. The highest BCUT2D eigenvalue weighted by Crippen LogP contribution is 2.54. The maximum absolute atomic E-state index is 12.2. The minimum atomic E-state index is -1.38. The first-order valence-electron chi connectivity index (χ1n) is 41.8. The van der Waals surface area contributed by atoms with Crippen LogP contribution in [0.3, 0.4) is 0 Å². The number of benzene rings is 20. The molecule has 0 aromatic heterocycles. The number of fused-ring (bicyclic) bond motifs is 18. The van der Waals surface area contributed by atoms with Crippen LogP contribution in [0.4, 0.5) is 0 Å².